The van der Waals surface area contributed by atoms with Crippen molar-refractivity contribution in [1.82, 2.24) is 0 Å². The van der Waals surface area contributed by atoms with Gasteiger partial charge in [0.05, 0.1) is 0 Å². The van der Waals surface area contributed by atoms with E-state index in [1.165, 1.54) is 12.1 Å². The van der Waals surface area contributed by atoms with Gasteiger partial charge in [-0.25, -0.2) is 4.39 Å². The van der Waals surface area contributed by atoms with Crippen LogP contribution in [-0.2, 0) is 0 Å². The number of hydrogen-bond donors (Lipinski definition) is 2. The van der Waals surface area contributed by atoms with Crippen LogP contribution in [0.3, 0.4) is 0 Å². The predicted molar refractivity (Wildman–Crippen MR) is 87.1 cm³/mol. The molecule has 0 heterocycles. The highest BCUT2D eigenvalue weighted by Gasteiger charge is 2.16. The molecule has 3 rings (SSSR count). The fourth-order valence-electron chi connectivity index (χ4n) is 2.49. The Bertz CT molecular complexity index is 785. The van der Waals surface area contributed by atoms with Crippen molar-refractivity contribution in [2.24, 2.45) is 0 Å². The molecule has 0 aliphatic heterocycles. The lowest BCUT2D eigenvalue weighted by Crippen LogP contribution is -2.31. The zero-order valence-electron chi connectivity index (χ0n) is 11.8. The van der Waals surface area contributed by atoms with Crippen molar-refractivity contribution in [3.8, 4) is 22.3 Å². The van der Waals surface area contributed by atoms with Gasteiger partial charge in [0.25, 0.3) is 0 Å². The molecule has 0 amide bonds. The Morgan fingerprint density at radius 1 is 0.682 bits per heavy atom. The summed E-state index contributed by atoms with van der Waals surface area (Å²) in [7, 11) is -1.52. The Morgan fingerprint density at radius 3 is 2.09 bits per heavy atom. The highest BCUT2D eigenvalue weighted by molar-refractivity contribution is 6.60. The van der Waals surface area contributed by atoms with Gasteiger partial charge in [-0.1, -0.05) is 54.6 Å². The fourth-order valence-corrected chi connectivity index (χ4v) is 2.49. The lowest BCUT2D eigenvalue weighted by Gasteiger charge is -2.10. The van der Waals surface area contributed by atoms with Crippen molar-refractivity contribution in [2.75, 3.05) is 0 Å². The van der Waals surface area contributed by atoms with Gasteiger partial charge in [0.1, 0.15) is 5.82 Å². The van der Waals surface area contributed by atoms with Crippen molar-refractivity contribution in [3.63, 3.8) is 0 Å². The van der Waals surface area contributed by atoms with Crippen LogP contribution in [0.5, 0.6) is 0 Å². The molecule has 0 saturated carbocycles. The molecule has 0 radical (unpaired) electrons. The minimum absolute atomic E-state index is 0.270. The second-order valence-electron chi connectivity index (χ2n) is 5.05. The van der Waals surface area contributed by atoms with E-state index in [2.05, 4.69) is 0 Å². The van der Waals surface area contributed by atoms with Crippen LogP contribution in [0.2, 0.25) is 0 Å². The maximum absolute atomic E-state index is 13.0. The molecule has 0 saturated heterocycles. The quantitative estimate of drug-likeness (QED) is 0.729. The molecule has 108 valence electrons. The first-order valence-electron chi connectivity index (χ1n) is 6.96. The van der Waals surface area contributed by atoms with E-state index in [0.717, 1.165) is 22.3 Å². The molecular formula is C18H14BFO2. The molecule has 0 fully saturated rings. The first kappa shape index (κ1) is 14.5. The molecule has 0 spiro atoms. The van der Waals surface area contributed by atoms with Crippen LogP contribution in [0.4, 0.5) is 4.39 Å². The van der Waals surface area contributed by atoms with Gasteiger partial charge < -0.3 is 10.0 Å². The van der Waals surface area contributed by atoms with Crippen molar-refractivity contribution in [3.05, 3.63) is 78.6 Å². The third-order valence-corrected chi connectivity index (χ3v) is 3.59. The summed E-state index contributed by atoms with van der Waals surface area (Å²) in [5.74, 6) is -0.270. The van der Waals surface area contributed by atoms with Gasteiger partial charge in [0.15, 0.2) is 0 Å². The largest absolute Gasteiger partial charge is 0.489 e. The summed E-state index contributed by atoms with van der Waals surface area (Å²) >= 11 is 0. The van der Waals surface area contributed by atoms with Crippen LogP contribution in [0.15, 0.2) is 72.8 Å². The van der Waals surface area contributed by atoms with Crippen molar-refractivity contribution < 1.29 is 14.4 Å². The molecule has 0 aliphatic rings. The Balaban J connectivity index is 2.07. The van der Waals surface area contributed by atoms with E-state index in [1.54, 1.807) is 24.3 Å². The molecule has 0 atom stereocenters. The summed E-state index contributed by atoms with van der Waals surface area (Å²) in [5, 5.41) is 19.0. The van der Waals surface area contributed by atoms with Gasteiger partial charge >= 0.3 is 7.12 Å². The fraction of sp³-hybridized carbons (Fsp3) is 0. The van der Waals surface area contributed by atoms with Crippen LogP contribution in [0.1, 0.15) is 0 Å². The lowest BCUT2D eigenvalue weighted by molar-refractivity contribution is 0.426. The summed E-state index contributed by atoms with van der Waals surface area (Å²) in [6.07, 6.45) is 0. The van der Waals surface area contributed by atoms with Crippen LogP contribution in [0, 0.1) is 5.82 Å². The second kappa shape index (κ2) is 6.14. The second-order valence-corrected chi connectivity index (χ2v) is 5.05. The van der Waals surface area contributed by atoms with E-state index in [-0.39, 0.29) is 5.82 Å². The first-order valence-corrected chi connectivity index (χ1v) is 6.96. The molecule has 0 unspecified atom stereocenters. The highest BCUT2D eigenvalue weighted by Crippen LogP contribution is 2.25. The number of halogens is 1. The smallest absolute Gasteiger partial charge is 0.423 e. The van der Waals surface area contributed by atoms with Gasteiger partial charge in [0, 0.05) is 0 Å². The summed E-state index contributed by atoms with van der Waals surface area (Å²) < 4.78 is 13.0. The average Bonchev–Trinajstić information content (AvgIpc) is 2.55. The third-order valence-electron chi connectivity index (χ3n) is 3.59. The van der Waals surface area contributed by atoms with Gasteiger partial charge in [-0.15, -0.1) is 0 Å². The van der Waals surface area contributed by atoms with Crippen LogP contribution in [0.25, 0.3) is 22.3 Å². The minimum atomic E-state index is -1.52. The van der Waals surface area contributed by atoms with E-state index < -0.39 is 7.12 Å². The molecule has 3 aromatic rings. The topological polar surface area (TPSA) is 40.5 Å². The maximum atomic E-state index is 13.0. The van der Waals surface area contributed by atoms with Gasteiger partial charge in [0.2, 0.25) is 0 Å². The third kappa shape index (κ3) is 2.93. The average molecular weight is 292 g/mol. The molecule has 2 nitrogen and oxygen atoms in total. The molecule has 3 aromatic carbocycles. The van der Waals surface area contributed by atoms with Crippen molar-refractivity contribution in [2.45, 2.75) is 0 Å². The number of hydrogen-bond acceptors (Lipinski definition) is 2. The summed E-state index contributed by atoms with van der Waals surface area (Å²) in [5.41, 5.74) is 3.95. The molecule has 0 bridgehead atoms. The van der Waals surface area contributed by atoms with E-state index >= 15 is 0 Å². The molecular weight excluding hydrogens is 278 g/mol. The SMILES string of the molecule is OB(O)c1ccccc1-c1cccc(-c2ccc(F)cc2)c1. The molecule has 0 aromatic heterocycles. The number of benzene rings is 3. The Kier molecular flexibility index (Phi) is 4.05. The Morgan fingerprint density at radius 2 is 1.36 bits per heavy atom. The minimum Gasteiger partial charge on any atom is -0.423 e. The van der Waals surface area contributed by atoms with Gasteiger partial charge in [-0.2, -0.15) is 0 Å². The van der Waals surface area contributed by atoms with Gasteiger partial charge in [-0.05, 0) is 45.9 Å². The van der Waals surface area contributed by atoms with Crippen molar-refractivity contribution >= 4 is 12.6 Å². The molecule has 0 aliphatic carbocycles. The van der Waals surface area contributed by atoms with Gasteiger partial charge in [-0.3, -0.25) is 0 Å². The zero-order valence-corrected chi connectivity index (χ0v) is 11.8. The maximum Gasteiger partial charge on any atom is 0.489 e. The number of rotatable bonds is 3. The summed E-state index contributed by atoms with van der Waals surface area (Å²) in [6, 6.07) is 21.1. The molecule has 4 heteroatoms. The van der Waals surface area contributed by atoms with Crippen molar-refractivity contribution in [1.29, 1.82) is 0 Å². The normalized spacial score (nSPS) is 10.5. The van der Waals surface area contributed by atoms with Crippen LogP contribution < -0.4 is 5.46 Å². The monoisotopic (exact) mass is 292 g/mol. The van der Waals surface area contributed by atoms with E-state index in [0.29, 0.717) is 5.46 Å². The zero-order chi connectivity index (χ0) is 15.5. The van der Waals surface area contributed by atoms with Crippen LogP contribution in [-0.4, -0.2) is 17.2 Å². The Hall–Kier alpha value is -2.43. The highest BCUT2D eigenvalue weighted by atomic mass is 19.1. The molecule has 22 heavy (non-hydrogen) atoms. The predicted octanol–water partition coefficient (Wildman–Crippen LogP) is 2.84. The van der Waals surface area contributed by atoms with E-state index in [4.69, 9.17) is 0 Å². The Labute approximate surface area is 128 Å². The summed E-state index contributed by atoms with van der Waals surface area (Å²) in [6.45, 7) is 0. The standard InChI is InChI=1S/C18H14BFO2/c20-16-10-8-13(9-11-16)14-4-3-5-15(12-14)17-6-1-2-7-18(17)19(21)22/h1-12,21-22H. The van der Waals surface area contributed by atoms with E-state index in [1.807, 2.05) is 36.4 Å². The first-order chi connectivity index (χ1) is 10.6. The molecule has 2 N–H and O–H groups in total. The van der Waals surface area contributed by atoms with Crippen LogP contribution >= 0.6 is 0 Å². The lowest BCUT2D eigenvalue weighted by atomic mass is 9.75. The van der Waals surface area contributed by atoms with E-state index in [9.17, 15) is 14.4 Å². The summed E-state index contributed by atoms with van der Waals surface area (Å²) in [4.78, 5) is 0.